The largest absolute Gasteiger partial charge is 0.491 e. The Morgan fingerprint density at radius 1 is 0.892 bits per heavy atom. The molecular formula is C28H50N5O2PS. The summed E-state index contributed by atoms with van der Waals surface area (Å²) < 4.78 is 13.6. The van der Waals surface area contributed by atoms with E-state index in [4.69, 9.17) is 27.5 Å². The van der Waals surface area contributed by atoms with Crippen molar-refractivity contribution in [3.63, 3.8) is 0 Å². The third kappa shape index (κ3) is 14.5. The molecule has 2 rings (SSSR count). The van der Waals surface area contributed by atoms with Crippen LogP contribution >= 0.6 is 6.75 Å². The zero-order valence-corrected chi connectivity index (χ0v) is 25.0. The first-order valence-electron chi connectivity index (χ1n) is 14.5. The van der Waals surface area contributed by atoms with E-state index in [0.29, 0.717) is 17.9 Å². The lowest BCUT2D eigenvalue weighted by atomic mass is 10.0. The van der Waals surface area contributed by atoms with E-state index in [1.807, 2.05) is 17.5 Å². The first kappa shape index (κ1) is 32.0. The summed E-state index contributed by atoms with van der Waals surface area (Å²) in [5.41, 5.74) is 7.20. The Morgan fingerprint density at radius 3 is 2.14 bits per heavy atom. The molecule has 2 N–H and O–H groups in total. The van der Waals surface area contributed by atoms with Crippen LogP contribution in [-0.2, 0) is 28.3 Å². The van der Waals surface area contributed by atoms with Gasteiger partial charge in [-0.3, -0.25) is 0 Å². The first-order valence-corrected chi connectivity index (χ1v) is 17.1. The third-order valence-corrected chi connectivity index (χ3v) is 8.52. The van der Waals surface area contributed by atoms with Gasteiger partial charge in [-0.15, -0.1) is 0 Å². The molecule has 2 heterocycles. The van der Waals surface area contributed by atoms with Crippen LogP contribution < -0.4 is 5.73 Å². The molecular weight excluding hydrogens is 501 g/mol. The van der Waals surface area contributed by atoms with Gasteiger partial charge in [0.1, 0.15) is 11.8 Å². The van der Waals surface area contributed by atoms with Gasteiger partial charge in [-0.1, -0.05) is 90.4 Å². The van der Waals surface area contributed by atoms with E-state index in [2.05, 4.69) is 21.9 Å². The van der Waals surface area contributed by atoms with Gasteiger partial charge < -0.3 is 32.0 Å². The minimum absolute atomic E-state index is 0.0295. The lowest BCUT2D eigenvalue weighted by molar-refractivity contribution is 0.131. The van der Waals surface area contributed by atoms with E-state index in [1.54, 1.807) is 6.33 Å². The minimum Gasteiger partial charge on any atom is -0.491 e. The van der Waals surface area contributed by atoms with Gasteiger partial charge in [-0.25, -0.2) is 15.0 Å². The number of aromatic nitrogens is 4. The molecule has 0 aliphatic rings. The van der Waals surface area contributed by atoms with Crippen molar-refractivity contribution in [2.45, 2.75) is 123 Å². The summed E-state index contributed by atoms with van der Waals surface area (Å²) in [6.07, 6.45) is 24.5. The number of ether oxygens (including phenoxy) is 2. The first-order chi connectivity index (χ1) is 18.1. The highest BCUT2D eigenvalue weighted by molar-refractivity contribution is 8.32. The van der Waals surface area contributed by atoms with Crippen LogP contribution in [0.5, 0.6) is 0 Å². The van der Waals surface area contributed by atoms with Crippen molar-refractivity contribution in [2.75, 3.05) is 25.1 Å². The van der Waals surface area contributed by atoms with E-state index in [-0.39, 0.29) is 6.10 Å². The van der Waals surface area contributed by atoms with Crippen LogP contribution in [0.2, 0.25) is 0 Å². The van der Waals surface area contributed by atoms with Crippen LogP contribution in [0.4, 0.5) is 5.82 Å². The molecule has 0 bridgehead atoms. The van der Waals surface area contributed by atoms with E-state index in [0.717, 1.165) is 31.4 Å². The Morgan fingerprint density at radius 2 is 1.49 bits per heavy atom. The van der Waals surface area contributed by atoms with Crippen molar-refractivity contribution < 1.29 is 9.47 Å². The van der Waals surface area contributed by atoms with Gasteiger partial charge in [0.05, 0.1) is 31.7 Å². The Kier molecular flexibility index (Phi) is 17.9. The van der Waals surface area contributed by atoms with Crippen LogP contribution in [0.1, 0.15) is 110 Å². The van der Waals surface area contributed by atoms with Gasteiger partial charge in [0.2, 0.25) is 0 Å². The molecule has 0 spiro atoms. The lowest BCUT2D eigenvalue weighted by Gasteiger charge is -2.10. The number of rotatable bonds is 23. The molecule has 0 amide bonds. The van der Waals surface area contributed by atoms with Crippen molar-refractivity contribution >= 4 is 42.0 Å². The number of anilines is 1. The number of imidazole rings is 1. The smallest absolute Gasteiger partial charge is 0.189 e. The molecule has 2 atom stereocenters. The molecule has 0 saturated carbocycles. The number of nitrogens with two attached hydrogens (primary N) is 1. The molecule has 2 aromatic heterocycles. The van der Waals surface area contributed by atoms with E-state index >= 15 is 0 Å². The number of fused-ring (bicyclic) bond motifs is 1. The van der Waals surface area contributed by atoms with Gasteiger partial charge >= 0.3 is 0 Å². The van der Waals surface area contributed by atoms with Crippen molar-refractivity contribution in [3.8, 4) is 0 Å². The van der Waals surface area contributed by atoms with Crippen molar-refractivity contribution in [3.05, 3.63) is 12.7 Å². The monoisotopic (exact) mass is 551 g/mol. The van der Waals surface area contributed by atoms with Crippen molar-refractivity contribution in [1.82, 2.24) is 19.5 Å². The zero-order valence-electron chi connectivity index (χ0n) is 23.3. The summed E-state index contributed by atoms with van der Waals surface area (Å²) in [4.78, 5) is 12.5. The van der Waals surface area contributed by atoms with Gasteiger partial charge in [0, 0.05) is 13.0 Å². The maximum absolute atomic E-state index is 5.88. The quantitative estimate of drug-likeness (QED) is 0.0874. The van der Waals surface area contributed by atoms with Crippen LogP contribution in [-0.4, -0.2) is 51.0 Å². The van der Waals surface area contributed by atoms with Crippen LogP contribution in [0, 0.1) is 0 Å². The summed E-state index contributed by atoms with van der Waals surface area (Å²) in [5, 5.41) is 0. The lowest BCUT2D eigenvalue weighted by Crippen LogP contribution is -2.15. The second-order valence-electron chi connectivity index (χ2n) is 10.1. The van der Waals surface area contributed by atoms with Crippen LogP contribution in [0.3, 0.4) is 0 Å². The average molecular weight is 552 g/mol. The Labute approximate surface area is 231 Å². The fourth-order valence-electron chi connectivity index (χ4n) is 4.40. The molecule has 37 heavy (non-hydrogen) atoms. The fourth-order valence-corrected chi connectivity index (χ4v) is 5.83. The van der Waals surface area contributed by atoms with Gasteiger partial charge in [-0.2, -0.15) is 0 Å². The Hall–Kier alpha value is -1.21. The molecule has 0 fully saturated rings. The second kappa shape index (κ2) is 20.7. The molecule has 0 aliphatic carbocycles. The van der Waals surface area contributed by atoms with Crippen LogP contribution in [0.15, 0.2) is 12.7 Å². The SMILES string of the molecule is CCCCCCCCCCCCCCCCOCCC[P+]([S-])=CO[C@H](C)Cn1cnc2c(N)ncnc21. The molecule has 0 saturated heterocycles. The average Bonchev–Trinajstić information content (AvgIpc) is 3.30. The second-order valence-corrected chi connectivity index (χ2v) is 13.0. The molecule has 0 aliphatic heterocycles. The fraction of sp³-hybridized carbons (Fsp3) is 0.786. The predicted molar refractivity (Wildman–Crippen MR) is 161 cm³/mol. The molecule has 1 unspecified atom stereocenters. The highest BCUT2D eigenvalue weighted by Crippen LogP contribution is 2.20. The summed E-state index contributed by atoms with van der Waals surface area (Å²) in [5.74, 6) is 2.23. The number of nitrogen functional groups attached to an aromatic ring is 1. The van der Waals surface area contributed by atoms with E-state index < -0.39 is 6.75 Å². The summed E-state index contributed by atoms with van der Waals surface area (Å²) >= 11 is 5.58. The third-order valence-electron chi connectivity index (χ3n) is 6.60. The highest BCUT2D eigenvalue weighted by atomic mass is 32.7. The summed E-state index contributed by atoms with van der Waals surface area (Å²) in [6.45, 7) is 5.92. The number of unbranched alkanes of at least 4 members (excludes halogenated alkanes) is 13. The summed E-state index contributed by atoms with van der Waals surface area (Å²) in [7, 11) is 0. The minimum atomic E-state index is -0.675. The van der Waals surface area contributed by atoms with Crippen LogP contribution in [0.25, 0.3) is 11.2 Å². The van der Waals surface area contributed by atoms with Gasteiger partial charge in [0.15, 0.2) is 17.4 Å². The highest BCUT2D eigenvalue weighted by Gasteiger charge is 2.11. The molecule has 210 valence electrons. The Bertz CT molecular complexity index is 879. The topological polar surface area (TPSA) is 88.1 Å². The van der Waals surface area contributed by atoms with Crippen molar-refractivity contribution in [2.24, 2.45) is 0 Å². The number of hydrogen-bond acceptors (Lipinski definition) is 7. The predicted octanol–water partition coefficient (Wildman–Crippen LogP) is 7.41. The zero-order chi connectivity index (χ0) is 26.6. The standard InChI is InChI=1S/C28H50N5O2PS/c1-3-4-5-6-7-8-9-10-11-12-13-14-15-16-18-34-19-17-20-36(37)24-35-25(2)21-33-23-32-26-27(29)30-22-31-28(26)33/h22-25H,3-21H2,1-2H3,(H2,29,30,31)/t25-/m1/s1. The maximum atomic E-state index is 5.88. The van der Waals surface area contributed by atoms with Crippen molar-refractivity contribution in [1.29, 1.82) is 0 Å². The van der Waals surface area contributed by atoms with Gasteiger partial charge in [0.25, 0.3) is 0 Å². The molecule has 7 nitrogen and oxygen atoms in total. The molecule has 9 heteroatoms. The number of hydrogen-bond donors (Lipinski definition) is 1. The molecule has 0 radical (unpaired) electrons. The summed E-state index contributed by atoms with van der Waals surface area (Å²) in [6, 6.07) is 0. The Balaban J connectivity index is 1.38. The maximum Gasteiger partial charge on any atom is 0.189 e. The molecule has 2 aromatic rings. The van der Waals surface area contributed by atoms with E-state index in [1.165, 1.54) is 96.2 Å². The van der Waals surface area contributed by atoms with E-state index in [9.17, 15) is 0 Å². The molecule has 0 aromatic carbocycles. The van der Waals surface area contributed by atoms with Gasteiger partial charge in [-0.05, 0) is 20.1 Å². The normalized spacial score (nSPS) is 13.0. The number of nitrogens with zero attached hydrogens (tertiary/aromatic N) is 4.